The van der Waals surface area contributed by atoms with E-state index in [-0.39, 0.29) is 40.6 Å². The molecule has 0 radical (unpaired) electrons. The second-order valence-corrected chi connectivity index (χ2v) is 5.22. The van der Waals surface area contributed by atoms with E-state index < -0.39 is 15.6 Å². The van der Waals surface area contributed by atoms with Crippen LogP contribution in [0.2, 0.25) is 5.02 Å². The summed E-state index contributed by atoms with van der Waals surface area (Å²) < 4.78 is 32.4. The Morgan fingerprint density at radius 1 is 1.33 bits per heavy atom. The normalized spacial score (nSPS) is 13.1. The standard InChI is InChI=1S/C10H8ClNO4S.Na/c11-8-4-3-7(10(13)17(14,15)16)9-6(8)2-1-5-12-9;/h1-5,10,13H,(H,14,15,16);/q;+1/p-1. The van der Waals surface area contributed by atoms with E-state index in [4.69, 9.17) is 11.6 Å². The Kier molecular flexibility index (Phi) is 5.13. The summed E-state index contributed by atoms with van der Waals surface area (Å²) in [5, 5.41) is 10.3. The van der Waals surface area contributed by atoms with Gasteiger partial charge in [-0.15, -0.1) is 0 Å². The smallest absolute Gasteiger partial charge is 0.746 e. The zero-order valence-corrected chi connectivity index (χ0v) is 12.9. The Bertz CT molecular complexity index is 677. The van der Waals surface area contributed by atoms with Crippen molar-refractivity contribution in [2.75, 3.05) is 0 Å². The molecule has 18 heavy (non-hydrogen) atoms. The second-order valence-electron chi connectivity index (χ2n) is 3.38. The number of aromatic nitrogens is 1. The van der Waals surface area contributed by atoms with E-state index in [1.54, 1.807) is 12.1 Å². The van der Waals surface area contributed by atoms with Crippen molar-refractivity contribution in [3.63, 3.8) is 0 Å². The van der Waals surface area contributed by atoms with Crippen LogP contribution in [0.4, 0.5) is 0 Å². The summed E-state index contributed by atoms with van der Waals surface area (Å²) >= 11 is 5.90. The summed E-state index contributed by atoms with van der Waals surface area (Å²) in [6, 6.07) is 5.93. The molecule has 1 unspecified atom stereocenters. The Hall–Kier alpha value is -0.210. The largest absolute Gasteiger partial charge is 1.00 e. The summed E-state index contributed by atoms with van der Waals surface area (Å²) in [5.74, 6) is 0. The van der Waals surface area contributed by atoms with E-state index in [0.29, 0.717) is 10.4 Å². The van der Waals surface area contributed by atoms with E-state index in [9.17, 15) is 18.1 Å². The minimum absolute atomic E-state index is 0. The van der Waals surface area contributed by atoms with Gasteiger partial charge < -0.3 is 9.66 Å². The van der Waals surface area contributed by atoms with Gasteiger partial charge in [0.1, 0.15) is 10.1 Å². The van der Waals surface area contributed by atoms with E-state index in [1.165, 1.54) is 18.3 Å². The van der Waals surface area contributed by atoms with Gasteiger partial charge in [0.25, 0.3) is 0 Å². The van der Waals surface area contributed by atoms with Gasteiger partial charge in [0, 0.05) is 22.2 Å². The average molecular weight is 296 g/mol. The van der Waals surface area contributed by atoms with E-state index >= 15 is 0 Å². The molecule has 0 saturated heterocycles. The second kappa shape index (κ2) is 5.83. The number of aliphatic hydroxyl groups is 1. The molecule has 1 aromatic heterocycles. The van der Waals surface area contributed by atoms with Gasteiger partial charge in [-0.25, -0.2) is 8.42 Å². The Morgan fingerprint density at radius 2 is 2.00 bits per heavy atom. The van der Waals surface area contributed by atoms with Crippen LogP contribution in [-0.4, -0.2) is 23.1 Å². The maximum atomic E-state index is 10.8. The van der Waals surface area contributed by atoms with Crippen molar-refractivity contribution in [3.8, 4) is 0 Å². The summed E-state index contributed by atoms with van der Waals surface area (Å²) in [4.78, 5) is 3.93. The zero-order valence-electron chi connectivity index (χ0n) is 9.37. The number of hydrogen-bond acceptors (Lipinski definition) is 5. The van der Waals surface area contributed by atoms with Crippen LogP contribution in [0.15, 0.2) is 30.5 Å². The van der Waals surface area contributed by atoms with Crippen LogP contribution in [0.5, 0.6) is 0 Å². The van der Waals surface area contributed by atoms with E-state index in [0.717, 1.165) is 0 Å². The first-order valence-corrected chi connectivity index (χ1v) is 6.42. The number of pyridine rings is 1. The molecule has 0 aliphatic carbocycles. The fraction of sp³-hybridized carbons (Fsp3) is 0.100. The molecule has 1 aromatic carbocycles. The fourth-order valence-corrected chi connectivity index (χ4v) is 2.23. The summed E-state index contributed by atoms with van der Waals surface area (Å²) in [6.45, 7) is 0. The van der Waals surface area contributed by atoms with Gasteiger partial charge in [0.15, 0.2) is 5.44 Å². The van der Waals surface area contributed by atoms with Crippen molar-refractivity contribution >= 4 is 32.6 Å². The predicted octanol–water partition coefficient (Wildman–Crippen LogP) is -1.57. The van der Waals surface area contributed by atoms with Crippen LogP contribution in [0, 0.1) is 0 Å². The molecule has 0 aliphatic heterocycles. The molecule has 0 spiro atoms. The molecule has 0 bridgehead atoms. The summed E-state index contributed by atoms with van der Waals surface area (Å²) in [6.07, 6.45) is 1.42. The average Bonchev–Trinajstić information content (AvgIpc) is 2.28. The van der Waals surface area contributed by atoms with Crippen LogP contribution in [0.25, 0.3) is 10.9 Å². The van der Waals surface area contributed by atoms with Crippen LogP contribution in [-0.2, 0) is 10.1 Å². The molecule has 2 aromatic rings. The number of halogens is 1. The molecule has 1 N–H and O–H groups in total. The molecule has 0 fully saturated rings. The van der Waals surface area contributed by atoms with Gasteiger partial charge in [-0.1, -0.05) is 17.7 Å². The molecular formula is C10H7ClNNaO4S. The van der Waals surface area contributed by atoms with Crippen LogP contribution < -0.4 is 29.6 Å². The zero-order chi connectivity index (χ0) is 12.6. The van der Waals surface area contributed by atoms with Crippen LogP contribution >= 0.6 is 11.6 Å². The number of hydrogen-bond donors (Lipinski definition) is 1. The van der Waals surface area contributed by atoms with Crippen molar-refractivity contribution in [1.29, 1.82) is 0 Å². The van der Waals surface area contributed by atoms with Crippen molar-refractivity contribution < 1.29 is 47.6 Å². The third-order valence-corrected chi connectivity index (χ3v) is 3.42. The third kappa shape index (κ3) is 3.03. The number of benzene rings is 1. The molecule has 0 amide bonds. The number of fused-ring (bicyclic) bond motifs is 1. The minimum Gasteiger partial charge on any atom is -0.746 e. The van der Waals surface area contributed by atoms with E-state index in [1.807, 2.05) is 0 Å². The monoisotopic (exact) mass is 295 g/mol. The quantitative estimate of drug-likeness (QED) is 0.534. The fourth-order valence-electron chi connectivity index (χ4n) is 1.51. The maximum Gasteiger partial charge on any atom is 1.00 e. The first-order valence-electron chi connectivity index (χ1n) is 4.57. The van der Waals surface area contributed by atoms with Crippen molar-refractivity contribution in [2.24, 2.45) is 0 Å². The molecule has 2 rings (SSSR count). The maximum absolute atomic E-state index is 10.8. The Labute approximate surface area is 131 Å². The van der Waals surface area contributed by atoms with E-state index in [2.05, 4.69) is 4.98 Å². The first kappa shape index (κ1) is 15.8. The van der Waals surface area contributed by atoms with Gasteiger partial charge in [-0.05, 0) is 18.2 Å². The Morgan fingerprint density at radius 3 is 2.61 bits per heavy atom. The number of nitrogens with zero attached hydrogens (tertiary/aromatic N) is 1. The van der Waals surface area contributed by atoms with Gasteiger partial charge in [-0.3, -0.25) is 4.98 Å². The summed E-state index contributed by atoms with van der Waals surface area (Å²) in [5.41, 5.74) is -2.01. The number of rotatable bonds is 2. The molecular weight excluding hydrogens is 289 g/mol. The van der Waals surface area contributed by atoms with Crippen molar-refractivity contribution in [2.45, 2.75) is 5.44 Å². The summed E-state index contributed by atoms with van der Waals surface area (Å²) in [7, 11) is -4.84. The molecule has 0 saturated carbocycles. The van der Waals surface area contributed by atoms with Crippen molar-refractivity contribution in [1.82, 2.24) is 4.98 Å². The molecule has 90 valence electrons. The molecule has 1 heterocycles. The van der Waals surface area contributed by atoms with Gasteiger partial charge >= 0.3 is 29.6 Å². The topological polar surface area (TPSA) is 90.3 Å². The number of aliphatic hydroxyl groups excluding tert-OH is 1. The van der Waals surface area contributed by atoms with Gasteiger partial charge in [0.2, 0.25) is 0 Å². The van der Waals surface area contributed by atoms with Crippen LogP contribution in [0.3, 0.4) is 0 Å². The molecule has 8 heteroatoms. The van der Waals surface area contributed by atoms with Crippen LogP contribution in [0.1, 0.15) is 11.0 Å². The molecule has 5 nitrogen and oxygen atoms in total. The first-order chi connectivity index (χ1) is 7.91. The van der Waals surface area contributed by atoms with Gasteiger partial charge in [0.05, 0.1) is 5.52 Å². The van der Waals surface area contributed by atoms with Crippen molar-refractivity contribution in [3.05, 3.63) is 41.0 Å². The minimum atomic E-state index is -4.84. The SMILES string of the molecule is O=S(=O)([O-])C(O)c1ccc(Cl)c2cccnc12.[Na+]. The predicted molar refractivity (Wildman–Crippen MR) is 61.4 cm³/mol. The third-order valence-electron chi connectivity index (χ3n) is 2.29. The van der Waals surface area contributed by atoms with Gasteiger partial charge in [-0.2, -0.15) is 0 Å². The Balaban J connectivity index is 0.00000162. The molecule has 1 atom stereocenters. The molecule has 0 aliphatic rings.